The highest BCUT2D eigenvalue weighted by Gasteiger charge is 2.20. The predicted molar refractivity (Wildman–Crippen MR) is 79.7 cm³/mol. The Balaban J connectivity index is 2.60. The predicted octanol–water partition coefficient (Wildman–Crippen LogP) is 3.25. The summed E-state index contributed by atoms with van der Waals surface area (Å²) in [6.45, 7) is -0.121. The Morgan fingerprint density at radius 3 is 1.95 bits per heavy atom. The third-order valence-corrected chi connectivity index (χ3v) is 4.74. The van der Waals surface area contributed by atoms with E-state index in [1.165, 1.54) is 0 Å². The van der Waals surface area contributed by atoms with Gasteiger partial charge in [-0.15, -0.1) is 0 Å². The molecular weight excluding hydrogens is 371 g/mol. The van der Waals surface area contributed by atoms with Crippen LogP contribution in [0.4, 0.5) is 0 Å². The van der Waals surface area contributed by atoms with E-state index in [2.05, 4.69) is 5.10 Å². The van der Waals surface area contributed by atoms with Crippen molar-refractivity contribution in [3.8, 4) is 0 Å². The molecule has 0 amide bonds. The van der Waals surface area contributed by atoms with Gasteiger partial charge in [0.15, 0.2) is 0 Å². The average molecular weight is 375 g/mol. The Morgan fingerprint density at radius 1 is 0.950 bits per heavy atom. The second-order valence-corrected chi connectivity index (χ2v) is 5.53. The highest BCUT2D eigenvalue weighted by molar-refractivity contribution is 6.55. The third-order valence-electron chi connectivity index (χ3n) is 2.39. The summed E-state index contributed by atoms with van der Waals surface area (Å²) in [5.41, 5.74) is -1.06. The van der Waals surface area contributed by atoms with Crippen LogP contribution in [0.1, 0.15) is 5.56 Å². The lowest BCUT2D eigenvalue weighted by atomic mass is 10.2. The van der Waals surface area contributed by atoms with Gasteiger partial charge in [0.2, 0.25) is 0 Å². The second kappa shape index (κ2) is 5.95. The quantitative estimate of drug-likeness (QED) is 0.647. The largest absolute Gasteiger partial charge is 0.345 e. The maximum Gasteiger partial charge on any atom is 0.345 e. The molecule has 2 aromatic rings. The minimum atomic E-state index is -0.716. The van der Waals surface area contributed by atoms with Crippen LogP contribution in [0.2, 0.25) is 25.1 Å². The smallest absolute Gasteiger partial charge is 0.271 e. The summed E-state index contributed by atoms with van der Waals surface area (Å²) < 4.78 is 0.953. The molecule has 1 aromatic carbocycles. The van der Waals surface area contributed by atoms with Gasteiger partial charge in [-0.25, -0.2) is 9.48 Å². The Morgan fingerprint density at radius 2 is 1.45 bits per heavy atom. The Kier molecular flexibility index (Phi) is 4.66. The summed E-state index contributed by atoms with van der Waals surface area (Å²) in [7, 11) is 0. The van der Waals surface area contributed by atoms with Crippen LogP contribution in [0, 0.1) is 0 Å². The lowest BCUT2D eigenvalue weighted by Gasteiger charge is -2.12. The van der Waals surface area contributed by atoms with Crippen LogP contribution in [0.3, 0.4) is 0 Å². The van der Waals surface area contributed by atoms with Crippen LogP contribution in [-0.4, -0.2) is 14.8 Å². The van der Waals surface area contributed by atoms with Crippen LogP contribution in [-0.2, 0) is 6.54 Å². The number of hydrogen-bond acceptors (Lipinski definition) is 3. The zero-order chi connectivity index (χ0) is 15.0. The van der Waals surface area contributed by atoms with Crippen molar-refractivity contribution < 1.29 is 0 Å². The number of nitrogens with one attached hydrogen (secondary N) is 1. The van der Waals surface area contributed by atoms with E-state index in [1.54, 1.807) is 0 Å². The zero-order valence-corrected chi connectivity index (χ0v) is 13.2. The van der Waals surface area contributed by atoms with Crippen molar-refractivity contribution in [3.05, 3.63) is 57.7 Å². The molecule has 106 valence electrons. The molecule has 1 N–H and O–H groups in total. The average Bonchev–Trinajstić information content (AvgIpc) is 2.41. The molecule has 0 bridgehead atoms. The Labute approximate surface area is 137 Å². The number of rotatable bonds is 2. The Bertz CT molecular complexity index is 769. The molecule has 0 aliphatic carbocycles. The third kappa shape index (κ3) is 2.82. The van der Waals surface area contributed by atoms with Gasteiger partial charge in [-0.2, -0.15) is 5.10 Å². The topological polar surface area (TPSA) is 67.8 Å². The van der Waals surface area contributed by atoms with E-state index in [0.717, 1.165) is 10.9 Å². The summed E-state index contributed by atoms with van der Waals surface area (Å²) >= 11 is 29.8. The molecule has 10 heteroatoms. The summed E-state index contributed by atoms with van der Waals surface area (Å²) in [5.74, 6) is 0. The Hall–Kier alpha value is -0.720. The standard InChI is InChI=1S/C10H4Cl5N3O2/c11-5-3(6(12)8(14)9(15)7(5)13)2-18-10(20)17-4(19)1-16-18/h1H,2H2,(H,17,19,20). The van der Waals surface area contributed by atoms with E-state index in [0.29, 0.717) is 0 Å². The minimum Gasteiger partial charge on any atom is -0.271 e. The van der Waals surface area contributed by atoms with Gasteiger partial charge in [0, 0.05) is 5.56 Å². The molecule has 2 rings (SSSR count). The fraction of sp³-hybridized carbons (Fsp3) is 0.100. The molecule has 0 saturated carbocycles. The van der Waals surface area contributed by atoms with E-state index < -0.39 is 11.2 Å². The summed E-state index contributed by atoms with van der Waals surface area (Å²) in [5, 5.41) is 3.85. The van der Waals surface area contributed by atoms with Crippen LogP contribution < -0.4 is 11.2 Å². The van der Waals surface area contributed by atoms with Crippen LogP contribution in [0.5, 0.6) is 0 Å². The number of hydrogen-bond donors (Lipinski definition) is 1. The van der Waals surface area contributed by atoms with Gasteiger partial charge in [0.05, 0.1) is 31.7 Å². The molecule has 0 atom stereocenters. The SMILES string of the molecule is O=c1cnn(Cc2c(Cl)c(Cl)c(Cl)c(Cl)c2Cl)c(=O)[nH]1. The fourth-order valence-corrected chi connectivity index (χ4v) is 2.73. The van der Waals surface area contributed by atoms with E-state index in [-0.39, 0.29) is 37.2 Å². The molecule has 0 spiro atoms. The molecule has 0 aliphatic heterocycles. The molecule has 1 aromatic heterocycles. The van der Waals surface area contributed by atoms with Crippen molar-refractivity contribution in [3.63, 3.8) is 0 Å². The number of benzene rings is 1. The molecule has 0 fully saturated rings. The first kappa shape index (κ1) is 15.7. The molecule has 0 radical (unpaired) electrons. The normalized spacial score (nSPS) is 10.8. The lowest BCUT2D eigenvalue weighted by Crippen LogP contribution is -2.31. The second-order valence-electron chi connectivity index (χ2n) is 3.65. The first-order valence-electron chi connectivity index (χ1n) is 4.99. The van der Waals surface area contributed by atoms with Crippen LogP contribution in [0.25, 0.3) is 0 Å². The number of nitrogens with zero attached hydrogens (tertiary/aromatic N) is 2. The van der Waals surface area contributed by atoms with Crippen molar-refractivity contribution in [2.24, 2.45) is 0 Å². The van der Waals surface area contributed by atoms with Crippen LogP contribution >= 0.6 is 58.0 Å². The van der Waals surface area contributed by atoms with Gasteiger partial charge in [0.1, 0.15) is 6.20 Å². The molecule has 0 saturated heterocycles. The van der Waals surface area contributed by atoms with E-state index in [4.69, 9.17) is 58.0 Å². The monoisotopic (exact) mass is 373 g/mol. The highest BCUT2D eigenvalue weighted by atomic mass is 35.5. The van der Waals surface area contributed by atoms with Crippen molar-refractivity contribution in [2.45, 2.75) is 6.54 Å². The number of aromatic amines is 1. The van der Waals surface area contributed by atoms with E-state index in [9.17, 15) is 9.59 Å². The van der Waals surface area contributed by atoms with Crippen molar-refractivity contribution in [1.29, 1.82) is 0 Å². The number of halogens is 5. The molecule has 5 nitrogen and oxygen atoms in total. The van der Waals surface area contributed by atoms with Gasteiger partial charge in [-0.05, 0) is 0 Å². The summed E-state index contributed by atoms with van der Waals surface area (Å²) in [4.78, 5) is 24.6. The fourth-order valence-electron chi connectivity index (χ4n) is 1.43. The van der Waals surface area contributed by atoms with Crippen molar-refractivity contribution in [1.82, 2.24) is 14.8 Å². The van der Waals surface area contributed by atoms with Gasteiger partial charge in [-0.1, -0.05) is 58.0 Å². The summed E-state index contributed by atoms with van der Waals surface area (Å²) in [6.07, 6.45) is 0.947. The molecule has 0 aliphatic rings. The van der Waals surface area contributed by atoms with E-state index >= 15 is 0 Å². The maximum atomic E-state index is 11.6. The first-order chi connectivity index (χ1) is 9.32. The van der Waals surface area contributed by atoms with Gasteiger partial charge < -0.3 is 0 Å². The molecule has 1 heterocycles. The zero-order valence-electron chi connectivity index (χ0n) is 9.39. The number of aromatic nitrogens is 3. The first-order valence-corrected chi connectivity index (χ1v) is 6.88. The number of H-pyrrole nitrogens is 1. The van der Waals surface area contributed by atoms with Gasteiger partial charge >= 0.3 is 5.69 Å². The molecular formula is C10H4Cl5N3O2. The van der Waals surface area contributed by atoms with Crippen molar-refractivity contribution in [2.75, 3.05) is 0 Å². The molecule has 20 heavy (non-hydrogen) atoms. The summed E-state index contributed by atoms with van der Waals surface area (Å²) in [6, 6.07) is 0. The van der Waals surface area contributed by atoms with Gasteiger partial charge in [0.25, 0.3) is 5.56 Å². The van der Waals surface area contributed by atoms with E-state index in [1.807, 2.05) is 4.98 Å². The minimum absolute atomic E-state index is 0.0221. The van der Waals surface area contributed by atoms with Crippen molar-refractivity contribution >= 4 is 58.0 Å². The molecule has 0 unspecified atom stereocenters. The lowest BCUT2D eigenvalue weighted by molar-refractivity contribution is 0.607. The van der Waals surface area contributed by atoms with Gasteiger partial charge in [-0.3, -0.25) is 9.78 Å². The maximum absolute atomic E-state index is 11.6. The van der Waals surface area contributed by atoms with Crippen LogP contribution in [0.15, 0.2) is 15.8 Å². The highest BCUT2D eigenvalue weighted by Crippen LogP contribution is 2.43.